The molecule has 2 aromatic carbocycles. The zero-order valence-electron chi connectivity index (χ0n) is 13.4. The van der Waals surface area contributed by atoms with E-state index in [1.807, 2.05) is 24.3 Å². The van der Waals surface area contributed by atoms with Crippen LogP contribution in [0.3, 0.4) is 0 Å². The van der Waals surface area contributed by atoms with Gasteiger partial charge in [-0.3, -0.25) is 4.90 Å². The van der Waals surface area contributed by atoms with Gasteiger partial charge in [0.25, 0.3) is 0 Å². The highest BCUT2D eigenvalue weighted by Crippen LogP contribution is 2.26. The third-order valence-corrected chi connectivity index (χ3v) is 4.18. The summed E-state index contributed by atoms with van der Waals surface area (Å²) in [7, 11) is 1.61. The maximum absolute atomic E-state index is 10.3. The van der Waals surface area contributed by atoms with Crippen molar-refractivity contribution in [2.24, 2.45) is 0 Å². The minimum atomic E-state index is -0.523. The summed E-state index contributed by atoms with van der Waals surface area (Å²) in [4.78, 5) is 2.28. The van der Waals surface area contributed by atoms with Gasteiger partial charge in [-0.2, -0.15) is 0 Å². The molecule has 0 aliphatic carbocycles. The van der Waals surface area contributed by atoms with Crippen molar-refractivity contribution >= 4 is 0 Å². The van der Waals surface area contributed by atoms with Crippen LogP contribution in [0.4, 0.5) is 0 Å². The highest BCUT2D eigenvalue weighted by Gasteiger charge is 2.19. The van der Waals surface area contributed by atoms with Crippen LogP contribution in [0.2, 0.25) is 0 Å². The fourth-order valence-corrected chi connectivity index (χ4v) is 2.98. The average molecular weight is 313 g/mol. The second-order valence-electron chi connectivity index (χ2n) is 5.87. The van der Waals surface area contributed by atoms with Gasteiger partial charge < -0.3 is 14.6 Å². The number of benzene rings is 2. The van der Waals surface area contributed by atoms with E-state index in [1.54, 1.807) is 7.11 Å². The van der Waals surface area contributed by atoms with Crippen molar-refractivity contribution in [2.75, 3.05) is 26.8 Å². The van der Waals surface area contributed by atoms with Gasteiger partial charge in [-0.15, -0.1) is 0 Å². The summed E-state index contributed by atoms with van der Waals surface area (Å²) < 4.78 is 10.9. The van der Waals surface area contributed by atoms with Crippen LogP contribution in [0.1, 0.15) is 11.1 Å². The SMILES string of the molecule is COc1ccccc1OCC(O)CN1CCc2ccccc2C1. The number of para-hydroxylation sites is 2. The standard InChI is InChI=1S/C19H23NO3/c1-22-18-8-4-5-9-19(18)23-14-17(21)13-20-11-10-15-6-2-3-7-16(15)12-20/h2-9,17,21H,10-14H2,1H3. The van der Waals surface area contributed by atoms with Gasteiger partial charge >= 0.3 is 0 Å². The predicted octanol–water partition coefficient (Wildman–Crippen LogP) is 2.49. The molecule has 4 heteroatoms. The molecule has 2 aromatic rings. The molecular formula is C19H23NO3. The molecule has 0 bridgehead atoms. The van der Waals surface area contributed by atoms with Gasteiger partial charge in [-0.25, -0.2) is 0 Å². The summed E-state index contributed by atoms with van der Waals surface area (Å²) in [5.41, 5.74) is 2.78. The largest absolute Gasteiger partial charge is 0.493 e. The molecule has 0 radical (unpaired) electrons. The highest BCUT2D eigenvalue weighted by atomic mass is 16.5. The van der Waals surface area contributed by atoms with E-state index in [4.69, 9.17) is 9.47 Å². The van der Waals surface area contributed by atoms with E-state index in [0.29, 0.717) is 18.0 Å². The normalized spacial score (nSPS) is 15.7. The number of methoxy groups -OCH3 is 1. The van der Waals surface area contributed by atoms with E-state index < -0.39 is 6.10 Å². The van der Waals surface area contributed by atoms with Crippen molar-refractivity contribution in [3.05, 3.63) is 59.7 Å². The summed E-state index contributed by atoms with van der Waals surface area (Å²) in [6, 6.07) is 16.0. The van der Waals surface area contributed by atoms with Gasteiger partial charge in [0.2, 0.25) is 0 Å². The van der Waals surface area contributed by atoms with E-state index in [-0.39, 0.29) is 6.61 Å². The molecule has 1 unspecified atom stereocenters. The smallest absolute Gasteiger partial charge is 0.161 e. The van der Waals surface area contributed by atoms with Crippen molar-refractivity contribution < 1.29 is 14.6 Å². The second kappa shape index (κ2) is 7.49. The Morgan fingerprint density at radius 1 is 1.04 bits per heavy atom. The number of aliphatic hydroxyl groups is 1. The first-order valence-electron chi connectivity index (χ1n) is 7.99. The lowest BCUT2D eigenvalue weighted by molar-refractivity contribution is 0.0628. The van der Waals surface area contributed by atoms with Crippen molar-refractivity contribution in [2.45, 2.75) is 19.1 Å². The Hall–Kier alpha value is -2.04. The summed E-state index contributed by atoms with van der Waals surface area (Å²) in [5.74, 6) is 1.35. The summed E-state index contributed by atoms with van der Waals surface area (Å²) in [6.45, 7) is 2.74. The van der Waals surface area contributed by atoms with E-state index in [0.717, 1.165) is 19.5 Å². The number of hydrogen-bond donors (Lipinski definition) is 1. The van der Waals surface area contributed by atoms with Crippen LogP contribution in [0.25, 0.3) is 0 Å². The van der Waals surface area contributed by atoms with E-state index >= 15 is 0 Å². The molecule has 1 atom stereocenters. The van der Waals surface area contributed by atoms with Gasteiger partial charge in [0, 0.05) is 19.6 Å². The summed E-state index contributed by atoms with van der Waals surface area (Å²) >= 11 is 0. The molecule has 0 fully saturated rings. The Morgan fingerprint density at radius 3 is 2.52 bits per heavy atom. The summed E-state index contributed by atoms with van der Waals surface area (Å²) in [6.07, 6.45) is 0.515. The lowest BCUT2D eigenvalue weighted by Crippen LogP contribution is -2.38. The lowest BCUT2D eigenvalue weighted by Gasteiger charge is -2.30. The molecule has 1 aliphatic rings. The van der Waals surface area contributed by atoms with Crippen LogP contribution in [-0.2, 0) is 13.0 Å². The molecule has 0 amide bonds. The Balaban J connectivity index is 1.51. The Labute approximate surface area is 137 Å². The Bertz CT molecular complexity index is 644. The Kier molecular flexibility index (Phi) is 5.16. The van der Waals surface area contributed by atoms with Gasteiger partial charge in [0.15, 0.2) is 11.5 Å². The zero-order valence-corrected chi connectivity index (χ0v) is 13.4. The quantitative estimate of drug-likeness (QED) is 0.890. The monoisotopic (exact) mass is 313 g/mol. The summed E-state index contributed by atoms with van der Waals surface area (Å²) in [5, 5.41) is 10.3. The molecule has 0 saturated heterocycles. The number of β-amino-alcohol motifs (C(OH)–C–C–N with tert-alkyl or cyclic N) is 1. The van der Waals surface area contributed by atoms with Gasteiger partial charge in [0.05, 0.1) is 7.11 Å². The topological polar surface area (TPSA) is 41.9 Å². The number of rotatable bonds is 6. The number of ether oxygens (including phenoxy) is 2. The van der Waals surface area contributed by atoms with Crippen molar-refractivity contribution in [3.8, 4) is 11.5 Å². The first-order chi connectivity index (χ1) is 11.3. The first-order valence-corrected chi connectivity index (χ1v) is 7.99. The van der Waals surface area contributed by atoms with Gasteiger partial charge in [-0.1, -0.05) is 36.4 Å². The number of hydrogen-bond acceptors (Lipinski definition) is 4. The molecule has 0 spiro atoms. The number of nitrogens with zero attached hydrogens (tertiary/aromatic N) is 1. The third-order valence-electron chi connectivity index (χ3n) is 4.18. The molecule has 122 valence electrons. The molecule has 1 aliphatic heterocycles. The first kappa shape index (κ1) is 15.8. The van der Waals surface area contributed by atoms with Gasteiger partial charge in [0.1, 0.15) is 12.7 Å². The van der Waals surface area contributed by atoms with Crippen LogP contribution in [0.15, 0.2) is 48.5 Å². The Morgan fingerprint density at radius 2 is 1.74 bits per heavy atom. The van der Waals surface area contributed by atoms with Crippen LogP contribution in [0.5, 0.6) is 11.5 Å². The minimum Gasteiger partial charge on any atom is -0.493 e. The molecule has 4 nitrogen and oxygen atoms in total. The van der Waals surface area contributed by atoms with Crippen molar-refractivity contribution in [3.63, 3.8) is 0 Å². The predicted molar refractivity (Wildman–Crippen MR) is 89.9 cm³/mol. The molecule has 1 heterocycles. The maximum atomic E-state index is 10.3. The molecule has 0 saturated carbocycles. The van der Waals surface area contributed by atoms with E-state index in [1.165, 1.54) is 11.1 Å². The lowest BCUT2D eigenvalue weighted by atomic mass is 10.00. The maximum Gasteiger partial charge on any atom is 0.161 e. The number of fused-ring (bicyclic) bond motifs is 1. The van der Waals surface area contributed by atoms with Gasteiger partial charge in [-0.05, 0) is 29.7 Å². The van der Waals surface area contributed by atoms with Crippen LogP contribution < -0.4 is 9.47 Å². The highest BCUT2D eigenvalue weighted by molar-refractivity contribution is 5.39. The molecule has 23 heavy (non-hydrogen) atoms. The fraction of sp³-hybridized carbons (Fsp3) is 0.368. The van der Waals surface area contributed by atoms with Crippen LogP contribution >= 0.6 is 0 Å². The van der Waals surface area contributed by atoms with E-state index in [2.05, 4.69) is 29.2 Å². The molecule has 3 rings (SSSR count). The van der Waals surface area contributed by atoms with Crippen LogP contribution in [0, 0.1) is 0 Å². The van der Waals surface area contributed by atoms with E-state index in [9.17, 15) is 5.11 Å². The van der Waals surface area contributed by atoms with Crippen molar-refractivity contribution in [1.82, 2.24) is 4.90 Å². The third kappa shape index (κ3) is 4.03. The molecule has 0 aromatic heterocycles. The average Bonchev–Trinajstić information content (AvgIpc) is 2.60. The fourth-order valence-electron chi connectivity index (χ4n) is 2.98. The zero-order chi connectivity index (χ0) is 16.1. The minimum absolute atomic E-state index is 0.262. The van der Waals surface area contributed by atoms with Crippen LogP contribution in [-0.4, -0.2) is 42.9 Å². The second-order valence-corrected chi connectivity index (χ2v) is 5.87. The van der Waals surface area contributed by atoms with Crippen molar-refractivity contribution in [1.29, 1.82) is 0 Å². The molecule has 1 N–H and O–H groups in total. The molecular weight excluding hydrogens is 290 g/mol. The number of aliphatic hydroxyl groups excluding tert-OH is 1.